The minimum atomic E-state index is -1.26. The zero-order valence-electron chi connectivity index (χ0n) is 22.1. The lowest BCUT2D eigenvalue weighted by Crippen LogP contribution is -2.31. The molecular weight excluding hydrogens is 556 g/mol. The summed E-state index contributed by atoms with van der Waals surface area (Å²) in [5.74, 6) is -5.03. The van der Waals surface area contributed by atoms with Crippen LogP contribution in [0.25, 0.3) is 22.2 Å². The molecule has 0 unspecified atom stereocenters. The third-order valence-corrected chi connectivity index (χ3v) is 5.95. The molecule has 2 aromatic heterocycles. The summed E-state index contributed by atoms with van der Waals surface area (Å²) >= 11 is 6.02. The van der Waals surface area contributed by atoms with Crippen LogP contribution in [0.5, 0.6) is 0 Å². The fourth-order valence-corrected chi connectivity index (χ4v) is 4.05. The Morgan fingerprint density at radius 3 is 1.83 bits per heavy atom. The van der Waals surface area contributed by atoms with E-state index in [2.05, 4.69) is 20.6 Å². The van der Waals surface area contributed by atoms with Gasteiger partial charge in [0.2, 0.25) is 0 Å². The highest BCUT2D eigenvalue weighted by Gasteiger charge is 2.14. The third-order valence-electron chi connectivity index (χ3n) is 5.70. The second-order valence-corrected chi connectivity index (χ2v) is 9.18. The quantitative estimate of drug-likeness (QED) is 0.265. The number of halogens is 1. The summed E-state index contributed by atoms with van der Waals surface area (Å²) in [6.07, 6.45) is 11.2. The van der Waals surface area contributed by atoms with Gasteiger partial charge in [0, 0.05) is 59.2 Å². The number of pyridine rings is 1. The second-order valence-electron chi connectivity index (χ2n) is 8.75. The van der Waals surface area contributed by atoms with Crippen molar-refractivity contribution in [2.45, 2.75) is 32.2 Å². The lowest BCUT2D eigenvalue weighted by Gasteiger charge is -2.26. The van der Waals surface area contributed by atoms with Gasteiger partial charge in [0.15, 0.2) is 0 Å². The van der Waals surface area contributed by atoms with E-state index in [0.29, 0.717) is 24.3 Å². The molecule has 13 heteroatoms. The molecule has 41 heavy (non-hydrogen) atoms. The van der Waals surface area contributed by atoms with Gasteiger partial charge in [-0.15, -0.1) is 0 Å². The molecule has 0 amide bonds. The van der Waals surface area contributed by atoms with E-state index in [9.17, 15) is 19.2 Å². The lowest BCUT2D eigenvalue weighted by atomic mass is 10.1. The SMILES string of the molecule is Clc1ccc(-c2nn(CCCN3CCCCC3)c3ccncc23)cc1.O=C(O)/C=C\C(=O)O.O=C(O)/C=C\C(=O)O. The molecule has 4 N–H and O–H groups in total. The number of likely N-dealkylation sites (tertiary alicyclic amines) is 1. The normalized spacial score (nSPS) is 13.3. The van der Waals surface area contributed by atoms with Crippen LogP contribution in [0.15, 0.2) is 67.0 Å². The van der Waals surface area contributed by atoms with Gasteiger partial charge in [-0.2, -0.15) is 5.10 Å². The summed E-state index contributed by atoms with van der Waals surface area (Å²) in [7, 11) is 0. The molecule has 4 rings (SSSR count). The number of carboxylic acids is 4. The maximum Gasteiger partial charge on any atom is 0.328 e. The van der Waals surface area contributed by atoms with E-state index in [-0.39, 0.29) is 0 Å². The molecule has 1 fully saturated rings. The maximum absolute atomic E-state index is 9.55. The zero-order chi connectivity index (χ0) is 30.2. The molecule has 218 valence electrons. The summed E-state index contributed by atoms with van der Waals surface area (Å²) in [4.78, 5) is 45.1. The summed E-state index contributed by atoms with van der Waals surface area (Å²) < 4.78 is 2.13. The first kappa shape index (κ1) is 32.7. The van der Waals surface area contributed by atoms with Crippen molar-refractivity contribution in [3.63, 3.8) is 0 Å². The third kappa shape index (κ3) is 12.4. The molecule has 3 aromatic rings. The first-order valence-electron chi connectivity index (χ1n) is 12.6. The molecule has 1 aliphatic heterocycles. The molecule has 3 heterocycles. The number of nitrogens with zero attached hydrogens (tertiary/aromatic N) is 4. The molecule has 1 aliphatic rings. The minimum absolute atomic E-state index is 0.558. The van der Waals surface area contributed by atoms with Gasteiger partial charge in [0.05, 0.1) is 5.52 Å². The van der Waals surface area contributed by atoms with Crippen LogP contribution in [0.3, 0.4) is 0 Å². The smallest absolute Gasteiger partial charge is 0.328 e. The standard InChI is InChI=1S/C20H23ClN4.2C4H4O4/c21-17-7-5-16(6-8-17)20-18-15-22-10-9-19(18)25(23-20)14-4-13-24-11-2-1-3-12-24;2*5-3(6)1-2-4(7)8/h5-10,15H,1-4,11-14H2;2*1-2H,(H,5,6)(H,7,8)/b;2*2-1-. The second kappa shape index (κ2) is 17.2. The predicted octanol–water partition coefficient (Wildman–Crippen LogP) is 4.05. The highest BCUT2D eigenvalue weighted by molar-refractivity contribution is 6.30. The number of piperidine rings is 1. The largest absolute Gasteiger partial charge is 0.478 e. The topological polar surface area (TPSA) is 183 Å². The number of rotatable bonds is 9. The number of carboxylic acid groups (broad SMARTS) is 4. The zero-order valence-corrected chi connectivity index (χ0v) is 22.9. The van der Waals surface area contributed by atoms with Gasteiger partial charge in [-0.05, 0) is 57.1 Å². The Bertz CT molecular complexity index is 1310. The Balaban J connectivity index is 0.000000304. The molecule has 0 saturated carbocycles. The fraction of sp³-hybridized carbons (Fsp3) is 0.286. The van der Waals surface area contributed by atoms with Crippen molar-refractivity contribution in [2.24, 2.45) is 0 Å². The van der Waals surface area contributed by atoms with Crippen LogP contribution in [-0.4, -0.2) is 83.6 Å². The number of carbonyl (C=O) groups is 4. The Labute approximate surface area is 240 Å². The Morgan fingerprint density at radius 1 is 0.780 bits per heavy atom. The van der Waals surface area contributed by atoms with E-state index in [1.54, 1.807) is 0 Å². The van der Waals surface area contributed by atoms with Crippen molar-refractivity contribution < 1.29 is 39.6 Å². The number of aryl methyl sites for hydroxylation is 1. The van der Waals surface area contributed by atoms with Crippen LogP contribution in [0, 0.1) is 0 Å². The van der Waals surface area contributed by atoms with Gasteiger partial charge in [0.1, 0.15) is 5.69 Å². The monoisotopic (exact) mass is 586 g/mol. The van der Waals surface area contributed by atoms with Crippen molar-refractivity contribution in [3.05, 3.63) is 72.1 Å². The maximum atomic E-state index is 9.55. The fourth-order valence-electron chi connectivity index (χ4n) is 3.93. The Kier molecular flexibility index (Phi) is 13.7. The molecular formula is C28H31ClN4O8. The molecule has 12 nitrogen and oxygen atoms in total. The van der Waals surface area contributed by atoms with Crippen molar-refractivity contribution in [2.75, 3.05) is 19.6 Å². The van der Waals surface area contributed by atoms with Gasteiger partial charge < -0.3 is 25.3 Å². The van der Waals surface area contributed by atoms with Crippen molar-refractivity contribution >= 4 is 46.4 Å². The Morgan fingerprint density at radius 2 is 1.32 bits per heavy atom. The summed E-state index contributed by atoms with van der Waals surface area (Å²) in [6, 6.07) is 9.93. The van der Waals surface area contributed by atoms with Gasteiger partial charge >= 0.3 is 23.9 Å². The Hall–Kier alpha value is -4.55. The van der Waals surface area contributed by atoms with E-state index >= 15 is 0 Å². The number of aromatic nitrogens is 3. The van der Waals surface area contributed by atoms with E-state index in [0.717, 1.165) is 46.7 Å². The molecule has 1 saturated heterocycles. The van der Waals surface area contributed by atoms with Crippen LogP contribution in [0.2, 0.25) is 5.02 Å². The molecule has 0 atom stereocenters. The summed E-state index contributed by atoms with van der Waals surface area (Å²) in [6.45, 7) is 4.59. The molecule has 0 aliphatic carbocycles. The van der Waals surface area contributed by atoms with E-state index in [4.69, 9.17) is 37.1 Å². The first-order chi connectivity index (χ1) is 19.6. The number of aliphatic carboxylic acids is 4. The summed E-state index contributed by atoms with van der Waals surface area (Å²) in [5, 5.41) is 38.0. The molecule has 0 radical (unpaired) electrons. The first-order valence-corrected chi connectivity index (χ1v) is 13.0. The number of hydrogen-bond donors (Lipinski definition) is 4. The lowest BCUT2D eigenvalue weighted by molar-refractivity contribution is -0.134. The highest BCUT2D eigenvalue weighted by Crippen LogP contribution is 2.28. The average Bonchev–Trinajstić information content (AvgIpc) is 3.31. The predicted molar refractivity (Wildman–Crippen MR) is 152 cm³/mol. The van der Waals surface area contributed by atoms with E-state index in [1.807, 2.05) is 36.7 Å². The van der Waals surface area contributed by atoms with Gasteiger partial charge in [-0.25, -0.2) is 19.2 Å². The van der Waals surface area contributed by atoms with Crippen molar-refractivity contribution in [1.82, 2.24) is 19.7 Å². The van der Waals surface area contributed by atoms with Gasteiger partial charge in [0.25, 0.3) is 0 Å². The molecule has 0 spiro atoms. The van der Waals surface area contributed by atoms with E-state index in [1.165, 1.54) is 32.4 Å². The van der Waals surface area contributed by atoms with Crippen LogP contribution in [-0.2, 0) is 25.7 Å². The van der Waals surface area contributed by atoms with Crippen LogP contribution in [0.1, 0.15) is 25.7 Å². The molecule has 1 aromatic carbocycles. The van der Waals surface area contributed by atoms with Crippen LogP contribution >= 0.6 is 11.6 Å². The number of fused-ring (bicyclic) bond motifs is 1. The average molecular weight is 587 g/mol. The van der Waals surface area contributed by atoms with Gasteiger partial charge in [-0.3, -0.25) is 9.67 Å². The molecule has 0 bridgehead atoms. The van der Waals surface area contributed by atoms with Crippen molar-refractivity contribution in [3.8, 4) is 11.3 Å². The highest BCUT2D eigenvalue weighted by atomic mass is 35.5. The van der Waals surface area contributed by atoms with Crippen LogP contribution in [0.4, 0.5) is 0 Å². The summed E-state index contributed by atoms with van der Waals surface area (Å²) in [5.41, 5.74) is 3.22. The minimum Gasteiger partial charge on any atom is -0.478 e. The van der Waals surface area contributed by atoms with Crippen molar-refractivity contribution in [1.29, 1.82) is 0 Å². The number of hydrogen-bond acceptors (Lipinski definition) is 7. The number of benzene rings is 1. The van der Waals surface area contributed by atoms with Gasteiger partial charge in [-0.1, -0.05) is 30.2 Å². The van der Waals surface area contributed by atoms with Crippen LogP contribution < -0.4 is 0 Å². The van der Waals surface area contributed by atoms with E-state index < -0.39 is 23.9 Å².